The fraction of sp³-hybridized carbons (Fsp3) is 0.250. The van der Waals surface area contributed by atoms with Gasteiger partial charge < -0.3 is 4.74 Å². The Morgan fingerprint density at radius 1 is 1.29 bits per heavy atom. The largest absolute Gasteiger partial charge is 0.496 e. The second-order valence-corrected chi connectivity index (χ2v) is 3.88. The Labute approximate surface area is 98.2 Å². The molecule has 2 rings (SSSR count). The predicted octanol–water partition coefficient (Wildman–Crippen LogP) is 2.77. The van der Waals surface area contributed by atoms with Crippen molar-refractivity contribution < 1.29 is 9.66 Å². The van der Waals surface area contributed by atoms with Crippen molar-refractivity contribution in [1.82, 2.24) is 4.98 Å². The summed E-state index contributed by atoms with van der Waals surface area (Å²) >= 11 is 0. The molecule has 1 aromatic carbocycles. The maximum absolute atomic E-state index is 11.0. The minimum Gasteiger partial charge on any atom is -0.496 e. The van der Waals surface area contributed by atoms with E-state index >= 15 is 0 Å². The normalized spacial score (nSPS) is 10.5. The number of nitro groups is 1. The van der Waals surface area contributed by atoms with E-state index in [1.165, 1.54) is 13.2 Å². The molecule has 1 heterocycles. The Bertz CT molecular complexity index is 608. The van der Waals surface area contributed by atoms with E-state index in [4.69, 9.17) is 4.74 Å². The first-order chi connectivity index (χ1) is 8.02. The number of ether oxygens (including phenoxy) is 1. The number of non-ortho nitro benzene ring substituents is 1. The Morgan fingerprint density at radius 2 is 2.00 bits per heavy atom. The van der Waals surface area contributed by atoms with E-state index in [1.807, 2.05) is 19.9 Å². The average molecular weight is 232 g/mol. The predicted molar refractivity (Wildman–Crippen MR) is 64.4 cm³/mol. The van der Waals surface area contributed by atoms with Gasteiger partial charge in [0.15, 0.2) is 0 Å². The third-order valence-electron chi connectivity index (χ3n) is 2.63. The molecule has 0 fully saturated rings. The second-order valence-electron chi connectivity index (χ2n) is 3.88. The molecule has 0 aliphatic heterocycles. The molecule has 88 valence electrons. The summed E-state index contributed by atoms with van der Waals surface area (Å²) in [5.41, 5.74) is 2.11. The number of methoxy groups -OCH3 is 1. The Hall–Kier alpha value is -2.17. The molecule has 0 bridgehead atoms. The molecule has 0 aliphatic rings. The molecular formula is C12H12N2O3. The van der Waals surface area contributed by atoms with Crippen LogP contribution in [0.5, 0.6) is 5.75 Å². The number of hydrogen-bond donors (Lipinski definition) is 0. The first-order valence-corrected chi connectivity index (χ1v) is 5.13. The van der Waals surface area contributed by atoms with Crippen molar-refractivity contribution in [2.75, 3.05) is 7.11 Å². The SMILES string of the molecule is COc1cc([N+](=O)[O-])c2nc(C)cc(C)c2c1. The highest BCUT2D eigenvalue weighted by atomic mass is 16.6. The van der Waals surface area contributed by atoms with E-state index in [2.05, 4.69) is 4.98 Å². The summed E-state index contributed by atoms with van der Waals surface area (Å²) in [6, 6.07) is 5.06. The fourth-order valence-corrected chi connectivity index (χ4v) is 1.87. The number of aromatic nitrogens is 1. The molecule has 0 saturated heterocycles. The molecule has 0 amide bonds. The maximum Gasteiger partial charge on any atom is 0.299 e. The molecule has 0 atom stereocenters. The molecule has 0 aliphatic carbocycles. The van der Waals surface area contributed by atoms with E-state index in [9.17, 15) is 10.1 Å². The van der Waals surface area contributed by atoms with Crippen LogP contribution < -0.4 is 4.74 Å². The lowest BCUT2D eigenvalue weighted by Gasteiger charge is -2.07. The molecule has 0 saturated carbocycles. The highest BCUT2D eigenvalue weighted by Gasteiger charge is 2.17. The Kier molecular flexibility index (Phi) is 2.67. The molecule has 5 nitrogen and oxygen atoms in total. The fourth-order valence-electron chi connectivity index (χ4n) is 1.87. The van der Waals surface area contributed by atoms with Crippen molar-refractivity contribution in [3.05, 3.63) is 39.6 Å². The van der Waals surface area contributed by atoms with Crippen molar-refractivity contribution >= 4 is 16.6 Å². The first-order valence-electron chi connectivity index (χ1n) is 5.13. The van der Waals surface area contributed by atoms with Crippen molar-refractivity contribution in [3.63, 3.8) is 0 Å². The topological polar surface area (TPSA) is 65.3 Å². The number of nitro benzene ring substituents is 1. The van der Waals surface area contributed by atoms with Gasteiger partial charge in [0, 0.05) is 11.1 Å². The summed E-state index contributed by atoms with van der Waals surface area (Å²) in [4.78, 5) is 14.8. The Balaban J connectivity index is 2.90. The number of pyridine rings is 1. The van der Waals surface area contributed by atoms with Crippen LogP contribution in [0.4, 0.5) is 5.69 Å². The van der Waals surface area contributed by atoms with Crippen molar-refractivity contribution in [2.45, 2.75) is 13.8 Å². The van der Waals surface area contributed by atoms with E-state index in [0.29, 0.717) is 11.3 Å². The number of nitrogens with zero attached hydrogens (tertiary/aromatic N) is 2. The standard InChI is InChI=1S/C12H12N2O3/c1-7-4-8(2)13-12-10(7)5-9(17-3)6-11(12)14(15)16/h4-6H,1-3H3. The van der Waals surface area contributed by atoms with Gasteiger partial charge in [0.2, 0.25) is 0 Å². The number of fused-ring (bicyclic) bond motifs is 1. The van der Waals surface area contributed by atoms with Crippen molar-refractivity contribution in [3.8, 4) is 5.75 Å². The van der Waals surface area contributed by atoms with Gasteiger partial charge in [0.05, 0.1) is 18.1 Å². The van der Waals surface area contributed by atoms with Gasteiger partial charge in [-0.1, -0.05) is 0 Å². The molecule has 2 aromatic rings. The highest BCUT2D eigenvalue weighted by molar-refractivity contribution is 5.91. The third-order valence-corrected chi connectivity index (χ3v) is 2.63. The van der Waals surface area contributed by atoms with Crippen LogP contribution in [0.15, 0.2) is 18.2 Å². The van der Waals surface area contributed by atoms with Crippen LogP contribution in [-0.4, -0.2) is 17.0 Å². The number of hydrogen-bond acceptors (Lipinski definition) is 4. The number of aryl methyl sites for hydroxylation is 2. The lowest BCUT2D eigenvalue weighted by molar-refractivity contribution is -0.383. The van der Waals surface area contributed by atoms with Gasteiger partial charge in [-0.3, -0.25) is 10.1 Å². The van der Waals surface area contributed by atoms with Crippen LogP contribution in [0, 0.1) is 24.0 Å². The molecular weight excluding hydrogens is 220 g/mol. The van der Waals surface area contributed by atoms with Crippen LogP contribution in [0.1, 0.15) is 11.3 Å². The quantitative estimate of drug-likeness (QED) is 0.589. The van der Waals surface area contributed by atoms with Gasteiger partial charge in [-0.15, -0.1) is 0 Å². The minimum atomic E-state index is -0.434. The van der Waals surface area contributed by atoms with Gasteiger partial charge >= 0.3 is 0 Å². The highest BCUT2D eigenvalue weighted by Crippen LogP contribution is 2.31. The molecule has 5 heteroatoms. The van der Waals surface area contributed by atoms with Crippen LogP contribution in [0.25, 0.3) is 10.9 Å². The minimum absolute atomic E-state index is 0.0221. The Morgan fingerprint density at radius 3 is 2.59 bits per heavy atom. The first kappa shape index (κ1) is 11.3. The van der Waals surface area contributed by atoms with Crippen LogP contribution in [-0.2, 0) is 0 Å². The summed E-state index contributed by atoms with van der Waals surface area (Å²) < 4.78 is 5.07. The van der Waals surface area contributed by atoms with E-state index < -0.39 is 4.92 Å². The molecule has 17 heavy (non-hydrogen) atoms. The van der Waals surface area contributed by atoms with E-state index in [0.717, 1.165) is 16.6 Å². The van der Waals surface area contributed by atoms with Crippen LogP contribution in [0.3, 0.4) is 0 Å². The monoisotopic (exact) mass is 232 g/mol. The summed E-state index contributed by atoms with van der Waals surface area (Å²) in [5.74, 6) is 0.470. The third kappa shape index (κ3) is 1.91. The summed E-state index contributed by atoms with van der Waals surface area (Å²) in [6.45, 7) is 3.72. The van der Waals surface area contributed by atoms with Crippen molar-refractivity contribution in [1.29, 1.82) is 0 Å². The molecule has 0 spiro atoms. The van der Waals surface area contributed by atoms with E-state index in [-0.39, 0.29) is 5.69 Å². The molecule has 0 N–H and O–H groups in total. The van der Waals surface area contributed by atoms with Gasteiger partial charge in [-0.25, -0.2) is 4.98 Å². The maximum atomic E-state index is 11.0. The smallest absolute Gasteiger partial charge is 0.299 e. The van der Waals surface area contributed by atoms with Gasteiger partial charge in [-0.05, 0) is 31.5 Å². The summed E-state index contributed by atoms with van der Waals surface area (Å²) in [5, 5.41) is 11.8. The van der Waals surface area contributed by atoms with Crippen LogP contribution in [0.2, 0.25) is 0 Å². The lowest BCUT2D eigenvalue weighted by Crippen LogP contribution is -1.96. The number of benzene rings is 1. The summed E-state index contributed by atoms with van der Waals surface area (Å²) in [6.07, 6.45) is 0. The van der Waals surface area contributed by atoms with E-state index in [1.54, 1.807) is 6.07 Å². The molecule has 0 radical (unpaired) electrons. The molecule has 0 unspecified atom stereocenters. The average Bonchev–Trinajstić information content (AvgIpc) is 2.27. The van der Waals surface area contributed by atoms with Gasteiger partial charge in [0.25, 0.3) is 5.69 Å². The zero-order chi connectivity index (χ0) is 12.6. The summed E-state index contributed by atoms with van der Waals surface area (Å²) in [7, 11) is 1.49. The zero-order valence-electron chi connectivity index (χ0n) is 9.85. The van der Waals surface area contributed by atoms with Crippen molar-refractivity contribution in [2.24, 2.45) is 0 Å². The second kappa shape index (κ2) is 4.01. The van der Waals surface area contributed by atoms with Gasteiger partial charge in [0.1, 0.15) is 11.3 Å². The molecule has 1 aromatic heterocycles. The van der Waals surface area contributed by atoms with Crippen LogP contribution >= 0.6 is 0 Å². The number of rotatable bonds is 2. The van der Waals surface area contributed by atoms with Gasteiger partial charge in [-0.2, -0.15) is 0 Å². The zero-order valence-corrected chi connectivity index (χ0v) is 9.85. The lowest BCUT2D eigenvalue weighted by atomic mass is 10.1.